The van der Waals surface area contributed by atoms with Gasteiger partial charge in [-0.1, -0.05) is 29.3 Å². The number of nitrogens with zero attached hydrogens (tertiary/aromatic N) is 1. The average molecular weight is 317 g/mol. The van der Waals surface area contributed by atoms with Crippen molar-refractivity contribution in [1.82, 2.24) is 10.2 Å². The number of halogens is 2. The fourth-order valence-corrected chi connectivity index (χ4v) is 2.06. The Morgan fingerprint density at radius 3 is 2.45 bits per heavy atom. The maximum atomic E-state index is 12.1. The zero-order chi connectivity index (χ0) is 15.1. The van der Waals surface area contributed by atoms with Crippen LogP contribution in [0.1, 0.15) is 19.4 Å². The van der Waals surface area contributed by atoms with E-state index in [1.807, 2.05) is 13.8 Å². The highest BCUT2D eigenvalue weighted by atomic mass is 35.5. The molecule has 0 bridgehead atoms. The summed E-state index contributed by atoms with van der Waals surface area (Å²) in [4.78, 5) is 25.2. The third-order valence-electron chi connectivity index (χ3n) is 2.78. The highest BCUT2D eigenvalue weighted by Gasteiger charge is 2.15. The Morgan fingerprint density at radius 2 is 1.90 bits per heavy atom. The standard InChI is InChI=1S/C14H18Cl2N2O2/c1-3-17-13(19)9-18(4-2)14(20)8-10-5-6-11(15)12(16)7-10/h5-7H,3-4,8-9H2,1-2H3,(H,17,19). The second-order valence-electron chi connectivity index (χ2n) is 4.29. The molecule has 0 spiro atoms. The van der Waals surface area contributed by atoms with Crippen LogP contribution >= 0.6 is 23.2 Å². The van der Waals surface area contributed by atoms with Crippen LogP contribution in [0.3, 0.4) is 0 Å². The number of carbonyl (C=O) groups excluding carboxylic acids is 2. The summed E-state index contributed by atoms with van der Waals surface area (Å²) in [6.07, 6.45) is 0.199. The lowest BCUT2D eigenvalue weighted by molar-refractivity contribution is -0.135. The molecule has 1 aromatic carbocycles. The van der Waals surface area contributed by atoms with Gasteiger partial charge in [0.1, 0.15) is 0 Å². The Morgan fingerprint density at radius 1 is 1.20 bits per heavy atom. The zero-order valence-electron chi connectivity index (χ0n) is 11.6. The molecule has 0 atom stereocenters. The molecular formula is C14H18Cl2N2O2. The van der Waals surface area contributed by atoms with Crippen molar-refractivity contribution in [2.24, 2.45) is 0 Å². The first-order chi connectivity index (χ1) is 9.47. The van der Waals surface area contributed by atoms with E-state index in [0.29, 0.717) is 23.1 Å². The van der Waals surface area contributed by atoms with E-state index in [-0.39, 0.29) is 24.8 Å². The van der Waals surface area contributed by atoms with Crippen LogP contribution in [0, 0.1) is 0 Å². The largest absolute Gasteiger partial charge is 0.355 e. The second kappa shape index (κ2) is 8.12. The lowest BCUT2D eigenvalue weighted by atomic mass is 10.1. The normalized spacial score (nSPS) is 10.2. The lowest BCUT2D eigenvalue weighted by Gasteiger charge is -2.20. The molecule has 0 radical (unpaired) electrons. The average Bonchev–Trinajstić information content (AvgIpc) is 2.40. The molecule has 0 fully saturated rings. The number of benzene rings is 1. The van der Waals surface area contributed by atoms with Gasteiger partial charge in [-0.15, -0.1) is 0 Å². The van der Waals surface area contributed by atoms with Crippen LogP contribution in [0.4, 0.5) is 0 Å². The van der Waals surface area contributed by atoms with Crippen LogP contribution < -0.4 is 5.32 Å². The summed E-state index contributed by atoms with van der Waals surface area (Å²) >= 11 is 11.7. The molecule has 20 heavy (non-hydrogen) atoms. The molecule has 1 aromatic rings. The number of likely N-dealkylation sites (N-methyl/N-ethyl adjacent to an activating group) is 2. The van der Waals surface area contributed by atoms with Crippen molar-refractivity contribution in [3.8, 4) is 0 Å². The molecule has 4 nitrogen and oxygen atoms in total. The van der Waals surface area contributed by atoms with Crippen molar-refractivity contribution in [3.05, 3.63) is 33.8 Å². The monoisotopic (exact) mass is 316 g/mol. The molecule has 1 N–H and O–H groups in total. The molecule has 0 heterocycles. The summed E-state index contributed by atoms with van der Waals surface area (Å²) in [5.41, 5.74) is 0.777. The van der Waals surface area contributed by atoms with Gasteiger partial charge in [-0.2, -0.15) is 0 Å². The zero-order valence-corrected chi connectivity index (χ0v) is 13.1. The summed E-state index contributed by atoms with van der Waals surface area (Å²) in [5, 5.41) is 3.55. The number of rotatable bonds is 6. The number of nitrogens with one attached hydrogen (secondary N) is 1. The van der Waals surface area contributed by atoms with E-state index in [9.17, 15) is 9.59 Å². The topological polar surface area (TPSA) is 49.4 Å². The van der Waals surface area contributed by atoms with Crippen molar-refractivity contribution < 1.29 is 9.59 Å². The molecule has 0 unspecified atom stereocenters. The Bertz CT molecular complexity index is 492. The molecule has 110 valence electrons. The highest BCUT2D eigenvalue weighted by molar-refractivity contribution is 6.42. The molecule has 0 aliphatic heterocycles. The van der Waals surface area contributed by atoms with Crippen LogP contribution in [0.2, 0.25) is 10.0 Å². The summed E-state index contributed by atoms with van der Waals surface area (Å²) < 4.78 is 0. The highest BCUT2D eigenvalue weighted by Crippen LogP contribution is 2.22. The van der Waals surface area contributed by atoms with Gasteiger partial charge in [-0.05, 0) is 31.5 Å². The van der Waals surface area contributed by atoms with Crippen LogP contribution in [-0.4, -0.2) is 36.3 Å². The van der Waals surface area contributed by atoms with E-state index in [4.69, 9.17) is 23.2 Å². The number of amides is 2. The molecule has 0 saturated carbocycles. The van der Waals surface area contributed by atoms with E-state index >= 15 is 0 Å². The summed E-state index contributed by atoms with van der Waals surface area (Å²) in [7, 11) is 0. The number of carbonyl (C=O) groups is 2. The third-order valence-corrected chi connectivity index (χ3v) is 3.52. The van der Waals surface area contributed by atoms with E-state index in [2.05, 4.69) is 5.32 Å². The van der Waals surface area contributed by atoms with E-state index in [1.54, 1.807) is 18.2 Å². The first-order valence-corrected chi connectivity index (χ1v) is 7.21. The fourth-order valence-electron chi connectivity index (χ4n) is 1.74. The minimum atomic E-state index is -0.156. The Balaban J connectivity index is 2.67. The van der Waals surface area contributed by atoms with Gasteiger partial charge in [0.15, 0.2) is 0 Å². The SMILES string of the molecule is CCNC(=O)CN(CC)C(=O)Cc1ccc(Cl)c(Cl)c1. The maximum Gasteiger partial charge on any atom is 0.239 e. The predicted molar refractivity (Wildman–Crippen MR) is 81.1 cm³/mol. The Labute approximate surface area is 129 Å². The number of hydrogen-bond donors (Lipinski definition) is 1. The van der Waals surface area contributed by atoms with Crippen LogP contribution in [-0.2, 0) is 16.0 Å². The lowest BCUT2D eigenvalue weighted by Crippen LogP contribution is -2.41. The molecule has 2 amide bonds. The van der Waals surface area contributed by atoms with Gasteiger partial charge in [-0.25, -0.2) is 0 Å². The van der Waals surface area contributed by atoms with Crippen molar-refractivity contribution >= 4 is 35.0 Å². The summed E-state index contributed by atoms with van der Waals surface area (Å²) in [5.74, 6) is -0.269. The fraction of sp³-hybridized carbons (Fsp3) is 0.429. The van der Waals surface area contributed by atoms with Crippen LogP contribution in [0.5, 0.6) is 0 Å². The second-order valence-corrected chi connectivity index (χ2v) is 5.10. The minimum Gasteiger partial charge on any atom is -0.355 e. The molecule has 0 saturated heterocycles. The van der Waals surface area contributed by atoms with Crippen molar-refractivity contribution in [2.45, 2.75) is 20.3 Å². The molecule has 1 rings (SSSR count). The van der Waals surface area contributed by atoms with Gasteiger partial charge in [0.25, 0.3) is 0 Å². The van der Waals surface area contributed by atoms with Crippen molar-refractivity contribution in [2.75, 3.05) is 19.6 Å². The quantitative estimate of drug-likeness (QED) is 0.876. The summed E-state index contributed by atoms with van der Waals surface area (Å²) in [6.45, 7) is 4.79. The molecular weight excluding hydrogens is 299 g/mol. The first kappa shape index (κ1) is 16.8. The summed E-state index contributed by atoms with van der Waals surface area (Å²) in [6, 6.07) is 5.08. The predicted octanol–water partition coefficient (Wildman–Crippen LogP) is 2.52. The third kappa shape index (κ3) is 5.02. The van der Waals surface area contributed by atoms with E-state index < -0.39 is 0 Å². The smallest absolute Gasteiger partial charge is 0.239 e. The molecule has 0 aliphatic carbocycles. The maximum absolute atomic E-state index is 12.1. The van der Waals surface area contributed by atoms with Gasteiger partial charge in [0.05, 0.1) is 23.0 Å². The van der Waals surface area contributed by atoms with Gasteiger partial charge in [-0.3, -0.25) is 9.59 Å². The first-order valence-electron chi connectivity index (χ1n) is 6.46. The van der Waals surface area contributed by atoms with Gasteiger partial charge in [0, 0.05) is 13.1 Å². The molecule has 6 heteroatoms. The molecule has 0 aromatic heterocycles. The van der Waals surface area contributed by atoms with Crippen molar-refractivity contribution in [3.63, 3.8) is 0 Å². The van der Waals surface area contributed by atoms with Gasteiger partial charge < -0.3 is 10.2 Å². The van der Waals surface area contributed by atoms with Crippen LogP contribution in [0.25, 0.3) is 0 Å². The Kier molecular flexibility index (Phi) is 6.82. The van der Waals surface area contributed by atoms with Gasteiger partial charge in [0.2, 0.25) is 11.8 Å². The molecule has 0 aliphatic rings. The van der Waals surface area contributed by atoms with Crippen LogP contribution in [0.15, 0.2) is 18.2 Å². The van der Waals surface area contributed by atoms with Gasteiger partial charge >= 0.3 is 0 Å². The van der Waals surface area contributed by atoms with E-state index in [1.165, 1.54) is 4.90 Å². The minimum absolute atomic E-state index is 0.0739. The Hall–Kier alpha value is -1.26. The van der Waals surface area contributed by atoms with Crippen molar-refractivity contribution in [1.29, 1.82) is 0 Å². The van der Waals surface area contributed by atoms with E-state index in [0.717, 1.165) is 5.56 Å². The number of hydrogen-bond acceptors (Lipinski definition) is 2.